The lowest BCUT2D eigenvalue weighted by atomic mass is 9.94. The van der Waals surface area contributed by atoms with Crippen molar-refractivity contribution in [1.29, 1.82) is 0 Å². The highest BCUT2D eigenvalue weighted by Gasteiger charge is 2.31. The fraction of sp³-hybridized carbons (Fsp3) is 0.600. The summed E-state index contributed by atoms with van der Waals surface area (Å²) >= 11 is 3.45. The number of hydrogen-bond acceptors (Lipinski definition) is 2. The number of carbonyl (C=O) groups excluding carboxylic acids is 1. The Labute approximate surface area is 132 Å². The first-order valence-electron chi connectivity index (χ1n) is 7.43. The van der Waals surface area contributed by atoms with Crippen molar-refractivity contribution in [3.63, 3.8) is 0 Å². The van der Waals surface area contributed by atoms with E-state index in [9.17, 15) is 9.59 Å². The third kappa shape index (κ3) is 3.31. The van der Waals surface area contributed by atoms with Gasteiger partial charge in [0.1, 0.15) is 5.69 Å². The highest BCUT2D eigenvalue weighted by Crippen LogP contribution is 2.38. The Morgan fingerprint density at radius 2 is 2.10 bits per heavy atom. The van der Waals surface area contributed by atoms with Crippen LogP contribution in [0.2, 0.25) is 0 Å². The van der Waals surface area contributed by atoms with Crippen LogP contribution in [0.15, 0.2) is 16.7 Å². The van der Waals surface area contributed by atoms with Crippen molar-refractivity contribution >= 4 is 27.8 Å². The number of piperidine rings is 1. The number of nitrogens with zero attached hydrogens (tertiary/aromatic N) is 2. The molecule has 5 nitrogen and oxygen atoms in total. The number of carboxylic acids is 1. The first-order chi connectivity index (χ1) is 10.0. The van der Waals surface area contributed by atoms with Crippen LogP contribution in [0.5, 0.6) is 0 Å². The summed E-state index contributed by atoms with van der Waals surface area (Å²) in [7, 11) is 0. The zero-order valence-electron chi connectivity index (χ0n) is 11.8. The van der Waals surface area contributed by atoms with E-state index < -0.39 is 5.97 Å². The monoisotopic (exact) mass is 354 g/mol. The molecule has 1 atom stereocenters. The highest BCUT2D eigenvalue weighted by atomic mass is 79.9. The zero-order valence-corrected chi connectivity index (χ0v) is 13.4. The highest BCUT2D eigenvalue weighted by molar-refractivity contribution is 9.10. The second kappa shape index (κ2) is 5.83. The van der Waals surface area contributed by atoms with Crippen LogP contribution in [0.1, 0.15) is 48.6 Å². The molecule has 1 aromatic rings. The summed E-state index contributed by atoms with van der Waals surface area (Å²) in [5.41, 5.74) is 0.723. The van der Waals surface area contributed by atoms with E-state index in [1.165, 1.54) is 0 Å². The molecule has 2 aliphatic rings. The SMILES string of the molecule is O=C(O)CC1CCCN(C(=O)c2cc(Br)cn2C2CC2)C1. The van der Waals surface area contributed by atoms with Gasteiger partial charge in [0.2, 0.25) is 0 Å². The van der Waals surface area contributed by atoms with Crippen LogP contribution >= 0.6 is 15.9 Å². The van der Waals surface area contributed by atoms with Gasteiger partial charge in [0.15, 0.2) is 0 Å². The van der Waals surface area contributed by atoms with Gasteiger partial charge in [0.05, 0.1) is 0 Å². The number of likely N-dealkylation sites (tertiary alicyclic amines) is 1. The molecule has 0 aromatic carbocycles. The van der Waals surface area contributed by atoms with Gasteiger partial charge in [0.25, 0.3) is 5.91 Å². The summed E-state index contributed by atoms with van der Waals surface area (Å²) < 4.78 is 2.99. The van der Waals surface area contributed by atoms with Gasteiger partial charge in [0, 0.05) is 36.2 Å². The molecule has 6 heteroatoms. The van der Waals surface area contributed by atoms with E-state index in [4.69, 9.17) is 5.11 Å². The largest absolute Gasteiger partial charge is 0.481 e. The lowest BCUT2D eigenvalue weighted by molar-refractivity contribution is -0.138. The average Bonchev–Trinajstić information content (AvgIpc) is 3.20. The standard InChI is InChI=1S/C15H19BrN2O3/c16-11-7-13(18(9-11)12-3-4-12)15(21)17-5-1-2-10(8-17)6-14(19)20/h7,9-10,12H,1-6,8H2,(H,19,20). The topological polar surface area (TPSA) is 62.5 Å². The molecule has 2 heterocycles. The van der Waals surface area contributed by atoms with Crippen molar-refractivity contribution in [1.82, 2.24) is 9.47 Å². The molecule has 0 radical (unpaired) electrons. The Bertz CT molecular complexity index is 565. The van der Waals surface area contributed by atoms with Crippen molar-refractivity contribution in [2.75, 3.05) is 13.1 Å². The predicted molar refractivity (Wildman–Crippen MR) is 81.3 cm³/mol. The second-order valence-electron chi connectivity index (χ2n) is 6.04. The fourth-order valence-corrected chi connectivity index (χ4v) is 3.53. The number of amides is 1. The van der Waals surface area contributed by atoms with Gasteiger partial charge >= 0.3 is 5.97 Å². The summed E-state index contributed by atoms with van der Waals surface area (Å²) in [6.07, 6.45) is 6.16. The van der Waals surface area contributed by atoms with Gasteiger partial charge in [-0.05, 0) is 53.6 Å². The molecule has 0 bridgehead atoms. The van der Waals surface area contributed by atoms with E-state index in [-0.39, 0.29) is 18.2 Å². The summed E-state index contributed by atoms with van der Waals surface area (Å²) in [6.45, 7) is 1.28. The Morgan fingerprint density at radius 1 is 1.33 bits per heavy atom. The van der Waals surface area contributed by atoms with Crippen LogP contribution in [-0.4, -0.2) is 39.5 Å². The molecule has 21 heavy (non-hydrogen) atoms. The van der Waals surface area contributed by atoms with E-state index >= 15 is 0 Å². The molecule has 2 fully saturated rings. The van der Waals surface area contributed by atoms with Gasteiger partial charge in [-0.1, -0.05) is 0 Å². The minimum absolute atomic E-state index is 0.0303. The molecule has 1 amide bonds. The fourth-order valence-electron chi connectivity index (χ4n) is 3.10. The van der Waals surface area contributed by atoms with Crippen LogP contribution < -0.4 is 0 Å². The van der Waals surface area contributed by atoms with Gasteiger partial charge in [-0.2, -0.15) is 0 Å². The molecule has 1 unspecified atom stereocenters. The summed E-state index contributed by atoms with van der Waals surface area (Å²) in [5, 5.41) is 8.92. The van der Waals surface area contributed by atoms with Crippen LogP contribution in [0.4, 0.5) is 0 Å². The average molecular weight is 355 g/mol. The Balaban J connectivity index is 1.74. The smallest absolute Gasteiger partial charge is 0.303 e. The normalized spacial score (nSPS) is 22.3. The van der Waals surface area contributed by atoms with Crippen molar-refractivity contribution in [2.45, 2.75) is 38.1 Å². The summed E-state index contributed by atoms with van der Waals surface area (Å²) in [5.74, 6) is -0.672. The van der Waals surface area contributed by atoms with E-state index in [1.54, 1.807) is 0 Å². The minimum atomic E-state index is -0.779. The molecule has 3 rings (SSSR count). The molecule has 114 valence electrons. The molecule has 1 saturated carbocycles. The van der Waals surface area contributed by atoms with Gasteiger partial charge in [-0.15, -0.1) is 0 Å². The Kier molecular flexibility index (Phi) is 4.06. The third-order valence-corrected chi connectivity index (χ3v) is 4.68. The molecule has 0 spiro atoms. The number of aromatic nitrogens is 1. The number of hydrogen-bond donors (Lipinski definition) is 1. The third-order valence-electron chi connectivity index (χ3n) is 4.24. The Hall–Kier alpha value is -1.30. The van der Waals surface area contributed by atoms with Crippen molar-refractivity contribution < 1.29 is 14.7 Å². The van der Waals surface area contributed by atoms with E-state index in [0.29, 0.717) is 12.6 Å². The molecule has 1 N–H and O–H groups in total. The van der Waals surface area contributed by atoms with E-state index in [1.807, 2.05) is 17.2 Å². The maximum Gasteiger partial charge on any atom is 0.303 e. The molecule has 1 aliphatic carbocycles. The summed E-state index contributed by atoms with van der Waals surface area (Å²) in [6, 6.07) is 2.33. The number of halogens is 1. The van der Waals surface area contributed by atoms with Crippen LogP contribution in [-0.2, 0) is 4.79 Å². The van der Waals surface area contributed by atoms with Crippen molar-refractivity contribution in [3.05, 3.63) is 22.4 Å². The van der Waals surface area contributed by atoms with Gasteiger partial charge in [-0.3, -0.25) is 9.59 Å². The van der Waals surface area contributed by atoms with E-state index in [0.717, 1.165) is 42.4 Å². The number of carboxylic acid groups (broad SMARTS) is 1. The predicted octanol–water partition coefficient (Wildman–Crippen LogP) is 2.91. The lowest BCUT2D eigenvalue weighted by Gasteiger charge is -2.32. The first-order valence-corrected chi connectivity index (χ1v) is 8.22. The number of rotatable bonds is 4. The molecule has 1 aromatic heterocycles. The van der Waals surface area contributed by atoms with Gasteiger partial charge in [-0.25, -0.2) is 0 Å². The number of aliphatic carboxylic acids is 1. The van der Waals surface area contributed by atoms with Crippen LogP contribution in [0, 0.1) is 5.92 Å². The molecular formula is C15H19BrN2O3. The first kappa shape index (κ1) is 14.6. The Morgan fingerprint density at radius 3 is 2.76 bits per heavy atom. The van der Waals surface area contributed by atoms with E-state index in [2.05, 4.69) is 20.5 Å². The van der Waals surface area contributed by atoms with Crippen LogP contribution in [0.3, 0.4) is 0 Å². The van der Waals surface area contributed by atoms with Gasteiger partial charge < -0.3 is 14.6 Å². The molecular weight excluding hydrogens is 336 g/mol. The molecule has 1 saturated heterocycles. The van der Waals surface area contributed by atoms with Crippen molar-refractivity contribution in [2.24, 2.45) is 5.92 Å². The lowest BCUT2D eigenvalue weighted by Crippen LogP contribution is -2.41. The zero-order chi connectivity index (χ0) is 15.0. The van der Waals surface area contributed by atoms with Crippen LogP contribution in [0.25, 0.3) is 0 Å². The quantitative estimate of drug-likeness (QED) is 0.903. The summed E-state index contributed by atoms with van der Waals surface area (Å²) in [4.78, 5) is 25.4. The maximum atomic E-state index is 12.7. The van der Waals surface area contributed by atoms with Crippen molar-refractivity contribution in [3.8, 4) is 0 Å². The molecule has 1 aliphatic heterocycles. The second-order valence-corrected chi connectivity index (χ2v) is 6.95. The maximum absolute atomic E-state index is 12.7. The minimum Gasteiger partial charge on any atom is -0.481 e. The number of carbonyl (C=O) groups is 2.